The first-order valence-electron chi connectivity index (χ1n) is 10.3. The van der Waals surface area contributed by atoms with Crippen molar-refractivity contribution in [2.45, 2.75) is 12.8 Å². The van der Waals surface area contributed by atoms with Crippen molar-refractivity contribution in [3.63, 3.8) is 0 Å². The van der Waals surface area contributed by atoms with E-state index in [1.54, 1.807) is 43.4 Å². The second-order valence-electron chi connectivity index (χ2n) is 7.46. The number of nitrogens with zero attached hydrogens (tertiary/aromatic N) is 2. The Balaban J connectivity index is 1.37. The van der Waals surface area contributed by atoms with Crippen molar-refractivity contribution in [2.75, 3.05) is 47.2 Å². The van der Waals surface area contributed by atoms with Crippen LogP contribution >= 0.6 is 0 Å². The summed E-state index contributed by atoms with van der Waals surface area (Å²) in [7, 11) is 3.15. The number of methoxy groups -OCH3 is 2. The van der Waals surface area contributed by atoms with Gasteiger partial charge in [-0.25, -0.2) is 0 Å². The first-order chi connectivity index (χ1) is 15.1. The summed E-state index contributed by atoms with van der Waals surface area (Å²) in [5, 5.41) is 0. The molecule has 1 saturated heterocycles. The van der Waals surface area contributed by atoms with Gasteiger partial charge in [-0.05, 0) is 42.3 Å². The Labute approximate surface area is 181 Å². The van der Waals surface area contributed by atoms with E-state index < -0.39 is 0 Å². The van der Waals surface area contributed by atoms with Crippen LogP contribution in [0.5, 0.6) is 23.0 Å². The van der Waals surface area contributed by atoms with Gasteiger partial charge in [0.05, 0.1) is 20.6 Å². The highest BCUT2D eigenvalue weighted by atomic mass is 16.7. The lowest BCUT2D eigenvalue weighted by molar-refractivity contribution is -0.130. The number of hydrogen-bond donors (Lipinski definition) is 0. The van der Waals surface area contributed by atoms with Crippen molar-refractivity contribution in [1.29, 1.82) is 0 Å². The number of benzene rings is 2. The molecule has 0 atom stereocenters. The molecule has 8 nitrogen and oxygen atoms in total. The van der Waals surface area contributed by atoms with Crippen LogP contribution in [0.1, 0.15) is 22.3 Å². The van der Waals surface area contributed by atoms with Gasteiger partial charge < -0.3 is 28.7 Å². The zero-order chi connectivity index (χ0) is 21.8. The average molecular weight is 426 g/mol. The van der Waals surface area contributed by atoms with Crippen molar-refractivity contribution in [3.8, 4) is 23.0 Å². The Kier molecular flexibility index (Phi) is 6.16. The van der Waals surface area contributed by atoms with Gasteiger partial charge in [0, 0.05) is 31.7 Å². The summed E-state index contributed by atoms with van der Waals surface area (Å²) >= 11 is 0. The van der Waals surface area contributed by atoms with E-state index in [0.29, 0.717) is 54.7 Å². The number of rotatable bonds is 5. The molecule has 0 aromatic heterocycles. The van der Waals surface area contributed by atoms with E-state index in [1.807, 2.05) is 17.0 Å². The third-order valence-corrected chi connectivity index (χ3v) is 5.56. The summed E-state index contributed by atoms with van der Waals surface area (Å²) in [4.78, 5) is 29.4. The number of hydrogen-bond acceptors (Lipinski definition) is 6. The molecule has 0 N–H and O–H groups in total. The third-order valence-electron chi connectivity index (χ3n) is 5.56. The molecule has 2 amide bonds. The summed E-state index contributed by atoms with van der Waals surface area (Å²) in [6.45, 7) is 2.39. The molecule has 2 aromatic rings. The first kappa shape index (κ1) is 20.8. The van der Waals surface area contributed by atoms with Crippen LogP contribution in [0, 0.1) is 0 Å². The van der Waals surface area contributed by atoms with Crippen molar-refractivity contribution >= 4 is 11.8 Å². The smallest absolute Gasteiger partial charge is 0.254 e. The summed E-state index contributed by atoms with van der Waals surface area (Å²) in [5.41, 5.74) is 1.43. The lowest BCUT2D eigenvalue weighted by Gasteiger charge is -2.22. The van der Waals surface area contributed by atoms with Crippen LogP contribution in [-0.2, 0) is 11.2 Å². The fraction of sp³-hybridized carbons (Fsp3) is 0.391. The van der Waals surface area contributed by atoms with Crippen molar-refractivity contribution in [1.82, 2.24) is 9.80 Å². The monoisotopic (exact) mass is 426 g/mol. The van der Waals surface area contributed by atoms with Gasteiger partial charge in [-0.3, -0.25) is 9.59 Å². The Morgan fingerprint density at radius 3 is 2.42 bits per heavy atom. The van der Waals surface area contributed by atoms with Crippen molar-refractivity contribution in [2.24, 2.45) is 0 Å². The van der Waals surface area contributed by atoms with Crippen molar-refractivity contribution < 1.29 is 28.5 Å². The number of fused-ring (bicyclic) bond motifs is 1. The highest BCUT2D eigenvalue weighted by Crippen LogP contribution is 2.33. The van der Waals surface area contributed by atoms with Gasteiger partial charge in [0.15, 0.2) is 23.0 Å². The Hall–Kier alpha value is -3.42. The van der Waals surface area contributed by atoms with Crippen LogP contribution in [0.2, 0.25) is 0 Å². The van der Waals surface area contributed by atoms with Crippen LogP contribution in [0.15, 0.2) is 36.4 Å². The molecule has 2 aliphatic heterocycles. The van der Waals surface area contributed by atoms with Gasteiger partial charge in [-0.2, -0.15) is 0 Å². The minimum atomic E-state index is -0.0625. The fourth-order valence-electron chi connectivity index (χ4n) is 3.86. The normalized spacial score (nSPS) is 15.4. The number of carbonyl (C=O) groups is 2. The molecule has 0 radical (unpaired) electrons. The predicted octanol–water partition coefficient (Wildman–Crippen LogP) is 2.35. The van der Waals surface area contributed by atoms with Crippen LogP contribution in [0.25, 0.3) is 0 Å². The summed E-state index contributed by atoms with van der Waals surface area (Å²) in [6, 6.07) is 10.7. The largest absolute Gasteiger partial charge is 0.493 e. The molecule has 164 valence electrons. The lowest BCUT2D eigenvalue weighted by atomic mass is 10.1. The SMILES string of the molecule is COc1ccc(CC(=O)N2CCCN(C(=O)c3ccc4c(c3)OCO4)CC2)cc1OC. The fourth-order valence-corrected chi connectivity index (χ4v) is 3.86. The van der Waals surface area contributed by atoms with Crippen LogP contribution < -0.4 is 18.9 Å². The molecular formula is C23H26N2O6. The Morgan fingerprint density at radius 1 is 0.871 bits per heavy atom. The maximum absolute atomic E-state index is 13.0. The summed E-state index contributed by atoms with van der Waals surface area (Å²) in [5.74, 6) is 2.44. The minimum Gasteiger partial charge on any atom is -0.493 e. The third kappa shape index (κ3) is 4.52. The number of amides is 2. The van der Waals surface area contributed by atoms with Crippen LogP contribution in [0.4, 0.5) is 0 Å². The molecule has 2 aliphatic rings. The van der Waals surface area contributed by atoms with Crippen LogP contribution in [0.3, 0.4) is 0 Å². The molecule has 8 heteroatoms. The number of ether oxygens (including phenoxy) is 4. The molecule has 0 saturated carbocycles. The van der Waals surface area contributed by atoms with Gasteiger partial charge in [0.2, 0.25) is 12.7 Å². The zero-order valence-electron chi connectivity index (χ0n) is 17.8. The maximum Gasteiger partial charge on any atom is 0.254 e. The predicted molar refractivity (Wildman–Crippen MR) is 113 cm³/mol. The second kappa shape index (κ2) is 9.16. The van der Waals surface area contributed by atoms with Gasteiger partial charge >= 0.3 is 0 Å². The van der Waals surface area contributed by atoms with Gasteiger partial charge in [-0.15, -0.1) is 0 Å². The average Bonchev–Trinajstić information content (AvgIpc) is 3.12. The molecular weight excluding hydrogens is 400 g/mol. The maximum atomic E-state index is 13.0. The topological polar surface area (TPSA) is 77.5 Å². The molecule has 0 spiro atoms. The molecule has 4 rings (SSSR count). The Bertz CT molecular complexity index is 977. The molecule has 0 aliphatic carbocycles. The van der Waals surface area contributed by atoms with E-state index in [4.69, 9.17) is 18.9 Å². The summed E-state index contributed by atoms with van der Waals surface area (Å²) in [6.07, 6.45) is 1.00. The van der Waals surface area contributed by atoms with Gasteiger partial charge in [-0.1, -0.05) is 6.07 Å². The van der Waals surface area contributed by atoms with E-state index >= 15 is 0 Å². The van der Waals surface area contributed by atoms with E-state index in [9.17, 15) is 9.59 Å². The molecule has 2 heterocycles. The molecule has 1 fully saturated rings. The van der Waals surface area contributed by atoms with Gasteiger partial charge in [0.1, 0.15) is 0 Å². The first-order valence-corrected chi connectivity index (χ1v) is 10.3. The zero-order valence-corrected chi connectivity index (χ0v) is 17.8. The molecule has 0 unspecified atom stereocenters. The Morgan fingerprint density at radius 2 is 1.61 bits per heavy atom. The van der Waals surface area contributed by atoms with E-state index in [-0.39, 0.29) is 25.0 Å². The van der Waals surface area contributed by atoms with Crippen LogP contribution in [-0.4, -0.2) is 68.8 Å². The number of carbonyl (C=O) groups excluding carboxylic acids is 2. The highest BCUT2D eigenvalue weighted by Gasteiger charge is 2.24. The quantitative estimate of drug-likeness (QED) is 0.731. The van der Waals surface area contributed by atoms with E-state index in [2.05, 4.69) is 0 Å². The standard InChI is InChI=1S/C23H26N2O6/c1-28-18-6-4-16(12-20(18)29-2)13-22(26)24-8-3-9-25(11-10-24)23(27)17-5-7-19-21(14-17)31-15-30-19/h4-7,12,14H,3,8-11,13,15H2,1-2H3. The van der Waals surface area contributed by atoms with Gasteiger partial charge in [0.25, 0.3) is 5.91 Å². The highest BCUT2D eigenvalue weighted by molar-refractivity contribution is 5.95. The minimum absolute atomic E-state index is 0.0320. The van der Waals surface area contributed by atoms with E-state index in [0.717, 1.165) is 12.0 Å². The summed E-state index contributed by atoms with van der Waals surface area (Å²) < 4.78 is 21.3. The molecule has 2 aromatic carbocycles. The molecule has 0 bridgehead atoms. The van der Waals surface area contributed by atoms with Crippen molar-refractivity contribution in [3.05, 3.63) is 47.5 Å². The van der Waals surface area contributed by atoms with E-state index in [1.165, 1.54) is 0 Å². The molecule has 31 heavy (non-hydrogen) atoms. The lowest BCUT2D eigenvalue weighted by Crippen LogP contribution is -2.38. The second-order valence-corrected chi connectivity index (χ2v) is 7.46.